The molecule has 84 valence electrons. The van der Waals surface area contributed by atoms with E-state index in [4.69, 9.17) is 27.9 Å². The monoisotopic (exact) mass is 250 g/mol. The molecule has 0 aliphatic carbocycles. The first-order valence-corrected chi connectivity index (χ1v) is 5.13. The van der Waals surface area contributed by atoms with Crippen molar-refractivity contribution in [3.8, 4) is 11.5 Å². The van der Waals surface area contributed by atoms with Crippen LogP contribution in [0.1, 0.15) is 17.3 Å². The molecule has 0 radical (unpaired) electrons. The summed E-state index contributed by atoms with van der Waals surface area (Å²) >= 11 is 9.53. The zero-order chi connectivity index (χ0) is 11.8. The lowest BCUT2D eigenvalue weighted by molar-refractivity contribution is 0.101. The van der Waals surface area contributed by atoms with Gasteiger partial charge in [0.15, 0.2) is 17.3 Å². The smallest absolute Gasteiger partial charge is 0.161 e. The second kappa shape index (κ2) is 7.37. The number of methoxy groups -OCH3 is 1. The lowest BCUT2D eigenvalue weighted by Crippen LogP contribution is -1.92. The predicted molar refractivity (Wildman–Crippen MR) is 61.2 cm³/mol. The number of carbonyl (C=O) groups is 1. The van der Waals surface area contributed by atoms with E-state index >= 15 is 0 Å². The SMILES string of the molecule is COc1cc(C(C)=O)ccc1O.ClCCl. The number of Topliss-reactive ketones (excluding diaryl/α,β-unsaturated/α-hetero) is 1. The van der Waals surface area contributed by atoms with E-state index in [1.807, 2.05) is 0 Å². The van der Waals surface area contributed by atoms with Gasteiger partial charge in [-0.2, -0.15) is 0 Å². The van der Waals surface area contributed by atoms with Crippen molar-refractivity contribution in [2.24, 2.45) is 0 Å². The van der Waals surface area contributed by atoms with Gasteiger partial charge in [-0.05, 0) is 25.1 Å². The molecule has 1 aromatic carbocycles. The van der Waals surface area contributed by atoms with E-state index in [1.165, 1.54) is 26.2 Å². The number of ketones is 1. The third kappa shape index (κ3) is 4.91. The van der Waals surface area contributed by atoms with Crippen molar-refractivity contribution in [3.63, 3.8) is 0 Å². The number of phenols is 1. The molecule has 0 bridgehead atoms. The molecule has 0 amide bonds. The molecular formula is C10H12Cl2O3. The highest BCUT2D eigenvalue weighted by molar-refractivity contribution is 6.40. The van der Waals surface area contributed by atoms with Crippen LogP contribution in [0.5, 0.6) is 11.5 Å². The van der Waals surface area contributed by atoms with Crippen molar-refractivity contribution in [3.05, 3.63) is 23.8 Å². The molecule has 0 unspecified atom stereocenters. The molecule has 0 saturated heterocycles. The van der Waals surface area contributed by atoms with E-state index in [2.05, 4.69) is 0 Å². The number of hydrogen-bond acceptors (Lipinski definition) is 3. The second-order valence-electron chi connectivity index (χ2n) is 2.54. The number of halogens is 2. The lowest BCUT2D eigenvalue weighted by atomic mass is 10.1. The van der Waals surface area contributed by atoms with Gasteiger partial charge in [-0.25, -0.2) is 0 Å². The Labute approximate surface area is 98.6 Å². The molecule has 1 aromatic rings. The number of carbonyl (C=O) groups excluding carboxylic acids is 1. The Balaban J connectivity index is 0.000000583. The molecule has 0 aliphatic heterocycles. The molecule has 0 heterocycles. The number of hydrogen-bond donors (Lipinski definition) is 1. The van der Waals surface area contributed by atoms with E-state index in [0.29, 0.717) is 11.3 Å². The maximum absolute atomic E-state index is 10.9. The van der Waals surface area contributed by atoms with E-state index in [1.54, 1.807) is 6.07 Å². The van der Waals surface area contributed by atoms with E-state index < -0.39 is 0 Å². The van der Waals surface area contributed by atoms with Gasteiger partial charge < -0.3 is 9.84 Å². The van der Waals surface area contributed by atoms with Crippen LogP contribution in [0.3, 0.4) is 0 Å². The summed E-state index contributed by atoms with van der Waals surface area (Å²) in [5.74, 6) is 0.318. The van der Waals surface area contributed by atoms with Crippen LogP contribution in [0.2, 0.25) is 0 Å². The minimum atomic E-state index is -0.0479. The van der Waals surface area contributed by atoms with Crippen LogP contribution in [0.25, 0.3) is 0 Å². The van der Waals surface area contributed by atoms with Crippen LogP contribution >= 0.6 is 23.2 Å². The highest BCUT2D eigenvalue weighted by Crippen LogP contribution is 2.26. The normalized spacial score (nSPS) is 8.80. The predicted octanol–water partition coefficient (Wildman–Crippen LogP) is 3.02. The van der Waals surface area contributed by atoms with Crippen LogP contribution in [-0.4, -0.2) is 23.3 Å². The van der Waals surface area contributed by atoms with Crippen LogP contribution in [0, 0.1) is 0 Å². The first-order chi connectivity index (χ1) is 7.06. The van der Waals surface area contributed by atoms with Crippen molar-refractivity contribution in [2.75, 3.05) is 12.4 Å². The fourth-order valence-electron chi connectivity index (χ4n) is 0.897. The lowest BCUT2D eigenvalue weighted by Gasteiger charge is -2.03. The van der Waals surface area contributed by atoms with Gasteiger partial charge in [0.25, 0.3) is 0 Å². The molecule has 0 fully saturated rings. The fraction of sp³-hybridized carbons (Fsp3) is 0.300. The van der Waals surface area contributed by atoms with Gasteiger partial charge in [-0.3, -0.25) is 4.79 Å². The molecule has 0 aliphatic rings. The van der Waals surface area contributed by atoms with E-state index in [0.717, 1.165) is 0 Å². The van der Waals surface area contributed by atoms with Gasteiger partial charge in [0.2, 0.25) is 0 Å². The molecule has 5 heteroatoms. The first kappa shape index (κ1) is 14.1. The van der Waals surface area contributed by atoms with Gasteiger partial charge in [0.1, 0.15) is 0 Å². The van der Waals surface area contributed by atoms with Crippen molar-refractivity contribution < 1.29 is 14.6 Å². The maximum atomic E-state index is 10.9. The largest absolute Gasteiger partial charge is 0.504 e. The number of ether oxygens (including phenoxy) is 1. The Morgan fingerprint density at radius 1 is 1.47 bits per heavy atom. The Kier molecular flexibility index (Phi) is 6.92. The number of rotatable bonds is 2. The number of aromatic hydroxyl groups is 1. The zero-order valence-corrected chi connectivity index (χ0v) is 9.97. The summed E-state index contributed by atoms with van der Waals surface area (Å²) in [5.41, 5.74) is 0.532. The van der Waals surface area contributed by atoms with Crippen molar-refractivity contribution in [1.82, 2.24) is 0 Å². The molecule has 1 N–H and O–H groups in total. The molecule has 1 rings (SSSR count). The Morgan fingerprint density at radius 3 is 2.40 bits per heavy atom. The van der Waals surface area contributed by atoms with Gasteiger partial charge in [-0.1, -0.05) is 0 Å². The van der Waals surface area contributed by atoms with Crippen LogP contribution in [0.15, 0.2) is 18.2 Å². The summed E-state index contributed by atoms with van der Waals surface area (Å²) in [6, 6.07) is 4.51. The first-order valence-electron chi connectivity index (χ1n) is 4.06. The number of phenolic OH excluding ortho intramolecular Hbond substituents is 1. The average molecular weight is 251 g/mol. The molecule has 3 nitrogen and oxygen atoms in total. The Morgan fingerprint density at radius 2 is 2.00 bits per heavy atom. The zero-order valence-electron chi connectivity index (χ0n) is 8.46. The summed E-state index contributed by atoms with van der Waals surface area (Å²) in [7, 11) is 1.44. The van der Waals surface area contributed by atoms with Gasteiger partial charge in [-0.15, -0.1) is 23.2 Å². The second-order valence-corrected chi connectivity index (χ2v) is 3.35. The van der Waals surface area contributed by atoms with E-state index in [-0.39, 0.29) is 16.9 Å². The Hall–Kier alpha value is -0.930. The highest BCUT2D eigenvalue weighted by Gasteiger charge is 2.04. The summed E-state index contributed by atoms with van der Waals surface area (Å²) in [6.07, 6.45) is 0. The third-order valence-corrected chi connectivity index (χ3v) is 1.59. The molecule has 0 saturated carbocycles. The van der Waals surface area contributed by atoms with Crippen molar-refractivity contribution >= 4 is 29.0 Å². The molecule has 0 atom stereocenters. The van der Waals surface area contributed by atoms with Crippen molar-refractivity contribution in [2.45, 2.75) is 6.92 Å². The summed E-state index contributed by atoms with van der Waals surface area (Å²) in [6.45, 7) is 1.46. The minimum absolute atomic E-state index is 0.0440. The van der Waals surface area contributed by atoms with Crippen molar-refractivity contribution in [1.29, 1.82) is 0 Å². The fourth-order valence-corrected chi connectivity index (χ4v) is 0.897. The maximum Gasteiger partial charge on any atom is 0.161 e. The molecule has 15 heavy (non-hydrogen) atoms. The molecule has 0 aromatic heterocycles. The standard InChI is InChI=1S/C9H10O3.CH2Cl2/c1-6(10)7-3-4-8(11)9(5-7)12-2;2-1-3/h3-5,11H,1-2H3;1H2. The van der Waals surface area contributed by atoms with Gasteiger partial charge >= 0.3 is 0 Å². The average Bonchev–Trinajstić information content (AvgIpc) is 2.19. The summed E-state index contributed by atoms with van der Waals surface area (Å²) in [4.78, 5) is 10.9. The minimum Gasteiger partial charge on any atom is -0.504 e. The van der Waals surface area contributed by atoms with Crippen LogP contribution in [-0.2, 0) is 0 Å². The van der Waals surface area contributed by atoms with Gasteiger partial charge in [0.05, 0.1) is 12.4 Å². The number of alkyl halides is 2. The van der Waals surface area contributed by atoms with Crippen LogP contribution < -0.4 is 4.74 Å². The summed E-state index contributed by atoms with van der Waals surface area (Å²) in [5, 5.41) is 9.37. The highest BCUT2D eigenvalue weighted by atomic mass is 35.5. The molecular weight excluding hydrogens is 239 g/mol. The Bertz CT molecular complexity index is 326. The third-order valence-electron chi connectivity index (χ3n) is 1.59. The van der Waals surface area contributed by atoms with E-state index in [9.17, 15) is 9.90 Å². The number of benzene rings is 1. The van der Waals surface area contributed by atoms with Crippen LogP contribution in [0.4, 0.5) is 0 Å². The van der Waals surface area contributed by atoms with Gasteiger partial charge in [0, 0.05) is 5.56 Å². The summed E-state index contributed by atoms with van der Waals surface area (Å²) < 4.78 is 4.83. The topological polar surface area (TPSA) is 46.5 Å². The quantitative estimate of drug-likeness (QED) is 0.649. The molecule has 0 spiro atoms.